The van der Waals surface area contributed by atoms with Crippen molar-refractivity contribution in [2.75, 3.05) is 19.0 Å². The molecule has 0 aliphatic rings. The van der Waals surface area contributed by atoms with Crippen molar-refractivity contribution >= 4 is 5.69 Å². The van der Waals surface area contributed by atoms with E-state index in [0.29, 0.717) is 0 Å². The van der Waals surface area contributed by atoms with Gasteiger partial charge in [0.25, 0.3) is 0 Å². The molecule has 3 N–H and O–H groups in total. The minimum atomic E-state index is 0.253. The van der Waals surface area contributed by atoms with Gasteiger partial charge in [0.05, 0.1) is 0 Å². The molecule has 0 aromatic heterocycles. The lowest BCUT2D eigenvalue weighted by atomic mass is 9.98. The van der Waals surface area contributed by atoms with Crippen molar-refractivity contribution in [1.29, 1.82) is 0 Å². The fourth-order valence-corrected chi connectivity index (χ4v) is 2.10. The molecule has 0 aliphatic heterocycles. The first-order chi connectivity index (χ1) is 8.54. The fourth-order valence-electron chi connectivity index (χ4n) is 2.10. The van der Waals surface area contributed by atoms with Gasteiger partial charge < -0.3 is 4.90 Å². The van der Waals surface area contributed by atoms with Gasteiger partial charge in [-0.15, -0.1) is 0 Å². The van der Waals surface area contributed by atoms with Gasteiger partial charge >= 0.3 is 0 Å². The lowest BCUT2D eigenvalue weighted by Crippen LogP contribution is -2.28. The maximum Gasteiger partial charge on any atom is 0.0460 e. The van der Waals surface area contributed by atoms with Gasteiger partial charge in [0.2, 0.25) is 0 Å². The maximum absolute atomic E-state index is 5.68. The second kappa shape index (κ2) is 7.39. The number of hydrogen-bond donors (Lipinski definition) is 2. The molecule has 0 saturated heterocycles. The Hall–Kier alpha value is -1.06. The number of hydrazine groups is 1. The molecule has 3 nitrogen and oxygen atoms in total. The predicted molar refractivity (Wildman–Crippen MR) is 79.5 cm³/mol. The smallest absolute Gasteiger partial charge is 0.0460 e. The molecule has 1 atom stereocenters. The summed E-state index contributed by atoms with van der Waals surface area (Å²) in [6, 6.07) is 8.82. The molecule has 3 heteroatoms. The van der Waals surface area contributed by atoms with Crippen LogP contribution >= 0.6 is 0 Å². The highest BCUT2D eigenvalue weighted by molar-refractivity contribution is 5.47. The van der Waals surface area contributed by atoms with Crippen molar-refractivity contribution in [2.24, 2.45) is 11.8 Å². The van der Waals surface area contributed by atoms with Crippen LogP contribution in [0, 0.1) is 5.92 Å². The van der Waals surface area contributed by atoms with Crippen LogP contribution in [0.15, 0.2) is 24.3 Å². The van der Waals surface area contributed by atoms with Crippen molar-refractivity contribution in [3.05, 3.63) is 29.8 Å². The molecule has 1 aromatic carbocycles. The molecule has 102 valence electrons. The first-order valence-electron chi connectivity index (χ1n) is 6.78. The minimum absolute atomic E-state index is 0.253. The molecule has 0 fully saturated rings. The average Bonchev–Trinajstić information content (AvgIpc) is 2.34. The van der Waals surface area contributed by atoms with E-state index in [9.17, 15) is 0 Å². The summed E-state index contributed by atoms with van der Waals surface area (Å²) in [5.41, 5.74) is 5.43. The summed E-state index contributed by atoms with van der Waals surface area (Å²) >= 11 is 0. The van der Waals surface area contributed by atoms with Crippen LogP contribution in [-0.4, -0.2) is 14.1 Å². The molecule has 0 radical (unpaired) electrons. The Morgan fingerprint density at radius 3 is 2.50 bits per heavy atom. The van der Waals surface area contributed by atoms with Crippen LogP contribution in [0.25, 0.3) is 0 Å². The third-order valence-electron chi connectivity index (χ3n) is 3.26. The number of hydrogen-bond acceptors (Lipinski definition) is 3. The van der Waals surface area contributed by atoms with E-state index in [1.807, 2.05) is 0 Å². The number of nitrogens with one attached hydrogen (secondary N) is 1. The zero-order valence-corrected chi connectivity index (χ0v) is 12.1. The van der Waals surface area contributed by atoms with Crippen LogP contribution in [-0.2, 0) is 0 Å². The largest absolute Gasteiger partial charge is 0.378 e. The molecule has 1 rings (SSSR count). The summed E-state index contributed by atoms with van der Waals surface area (Å²) in [5, 5.41) is 0. The molecular weight excluding hydrogens is 222 g/mol. The summed E-state index contributed by atoms with van der Waals surface area (Å²) < 4.78 is 0. The van der Waals surface area contributed by atoms with E-state index in [-0.39, 0.29) is 6.04 Å². The van der Waals surface area contributed by atoms with Gasteiger partial charge in [0.1, 0.15) is 0 Å². The standard InChI is InChI=1S/C15H27N3/c1-12(2)7-5-10-15(17-16)13-8-6-9-14(11-13)18(3)4/h6,8-9,11-12,15,17H,5,7,10,16H2,1-4H3. The van der Waals surface area contributed by atoms with Crippen LogP contribution in [0.3, 0.4) is 0 Å². The second-order valence-electron chi connectivity index (χ2n) is 5.53. The Bertz CT molecular complexity index is 347. The number of rotatable bonds is 7. The van der Waals surface area contributed by atoms with E-state index in [1.54, 1.807) is 0 Å². The Morgan fingerprint density at radius 1 is 1.22 bits per heavy atom. The van der Waals surface area contributed by atoms with E-state index >= 15 is 0 Å². The van der Waals surface area contributed by atoms with Gasteiger partial charge in [0.15, 0.2) is 0 Å². The van der Waals surface area contributed by atoms with E-state index in [2.05, 4.69) is 62.5 Å². The number of nitrogens with two attached hydrogens (primary N) is 1. The van der Waals surface area contributed by atoms with Crippen LogP contribution < -0.4 is 16.2 Å². The summed E-state index contributed by atoms with van der Waals surface area (Å²) in [5.74, 6) is 6.44. The Morgan fingerprint density at radius 2 is 1.94 bits per heavy atom. The Labute approximate surface area is 111 Å². The highest BCUT2D eigenvalue weighted by atomic mass is 15.2. The summed E-state index contributed by atoms with van der Waals surface area (Å²) in [4.78, 5) is 2.12. The summed E-state index contributed by atoms with van der Waals surface area (Å²) in [6.07, 6.45) is 3.55. The molecule has 1 unspecified atom stereocenters. The van der Waals surface area contributed by atoms with Gasteiger partial charge in [-0.2, -0.15) is 0 Å². The lowest BCUT2D eigenvalue weighted by molar-refractivity contribution is 0.455. The van der Waals surface area contributed by atoms with E-state index in [4.69, 9.17) is 5.84 Å². The van der Waals surface area contributed by atoms with Gasteiger partial charge in [-0.25, -0.2) is 0 Å². The predicted octanol–water partition coefficient (Wildman–Crippen LogP) is 3.08. The Balaban J connectivity index is 2.66. The van der Waals surface area contributed by atoms with Gasteiger partial charge in [-0.3, -0.25) is 11.3 Å². The first-order valence-corrected chi connectivity index (χ1v) is 6.78. The fraction of sp³-hybridized carbons (Fsp3) is 0.600. The third-order valence-corrected chi connectivity index (χ3v) is 3.26. The molecule has 0 aliphatic carbocycles. The molecule has 0 spiro atoms. The van der Waals surface area contributed by atoms with Crippen molar-refractivity contribution in [3.63, 3.8) is 0 Å². The second-order valence-corrected chi connectivity index (χ2v) is 5.53. The molecule has 0 heterocycles. The summed E-state index contributed by atoms with van der Waals surface area (Å²) in [7, 11) is 4.12. The van der Waals surface area contributed by atoms with Crippen molar-refractivity contribution in [1.82, 2.24) is 5.43 Å². The molecular formula is C15H27N3. The topological polar surface area (TPSA) is 41.3 Å². The molecule has 0 amide bonds. The SMILES string of the molecule is CC(C)CCCC(NN)c1cccc(N(C)C)c1. The highest BCUT2D eigenvalue weighted by Gasteiger charge is 2.10. The normalized spacial score (nSPS) is 12.8. The Kier molecular flexibility index (Phi) is 6.16. The zero-order valence-electron chi connectivity index (χ0n) is 12.1. The van der Waals surface area contributed by atoms with Crippen molar-refractivity contribution in [2.45, 2.75) is 39.2 Å². The van der Waals surface area contributed by atoms with Crippen LogP contribution in [0.2, 0.25) is 0 Å². The van der Waals surface area contributed by atoms with Gasteiger partial charge in [-0.05, 0) is 30.0 Å². The molecule has 0 bridgehead atoms. The lowest BCUT2D eigenvalue weighted by Gasteiger charge is -2.20. The third kappa shape index (κ3) is 4.67. The monoisotopic (exact) mass is 249 g/mol. The van der Waals surface area contributed by atoms with Crippen molar-refractivity contribution in [3.8, 4) is 0 Å². The maximum atomic E-state index is 5.68. The van der Waals surface area contributed by atoms with Crippen LogP contribution in [0.4, 0.5) is 5.69 Å². The molecule has 18 heavy (non-hydrogen) atoms. The van der Waals surface area contributed by atoms with Crippen LogP contribution in [0.1, 0.15) is 44.7 Å². The van der Waals surface area contributed by atoms with E-state index < -0.39 is 0 Å². The van der Waals surface area contributed by atoms with Gasteiger partial charge in [-0.1, -0.05) is 38.8 Å². The quantitative estimate of drug-likeness (QED) is 0.576. The minimum Gasteiger partial charge on any atom is -0.378 e. The average molecular weight is 249 g/mol. The number of anilines is 1. The van der Waals surface area contributed by atoms with E-state index in [0.717, 1.165) is 12.3 Å². The first kappa shape index (κ1) is 15.0. The number of benzene rings is 1. The van der Waals surface area contributed by atoms with E-state index in [1.165, 1.54) is 24.1 Å². The zero-order chi connectivity index (χ0) is 13.5. The molecule has 0 saturated carbocycles. The van der Waals surface area contributed by atoms with Gasteiger partial charge in [0, 0.05) is 25.8 Å². The highest BCUT2D eigenvalue weighted by Crippen LogP contribution is 2.23. The van der Waals surface area contributed by atoms with Crippen LogP contribution in [0.5, 0.6) is 0 Å². The summed E-state index contributed by atoms with van der Waals surface area (Å²) in [6.45, 7) is 4.52. The van der Waals surface area contributed by atoms with Crippen molar-refractivity contribution < 1.29 is 0 Å². The molecule has 1 aromatic rings. The number of nitrogens with zero attached hydrogens (tertiary/aromatic N) is 1.